The highest BCUT2D eigenvalue weighted by Crippen LogP contribution is 2.30. The largest absolute Gasteiger partial charge is 0.316 e. The first kappa shape index (κ1) is 11.5. The van der Waals surface area contributed by atoms with Crippen molar-refractivity contribution in [2.24, 2.45) is 0 Å². The van der Waals surface area contributed by atoms with Crippen molar-refractivity contribution in [2.45, 2.75) is 15.8 Å². The molecule has 0 unspecified atom stereocenters. The lowest BCUT2D eigenvalue weighted by Crippen LogP contribution is -2.05. The van der Waals surface area contributed by atoms with E-state index in [0.29, 0.717) is 11.4 Å². The zero-order valence-corrected chi connectivity index (χ0v) is 10.2. The lowest BCUT2D eigenvalue weighted by Gasteiger charge is -2.03. The summed E-state index contributed by atoms with van der Waals surface area (Å²) in [7, 11) is 1.84. The Bertz CT molecular complexity index is 459. The predicted octanol–water partition coefficient (Wildman–Crippen LogP) is 2.55. The summed E-state index contributed by atoms with van der Waals surface area (Å²) < 4.78 is 18.3. The van der Waals surface area contributed by atoms with Gasteiger partial charge < -0.3 is 5.32 Å². The number of nitrogens with one attached hydrogen (secondary N) is 1. The SMILES string of the molecule is CNCc1ccc(Sc2ncns2)c(F)c1. The molecule has 3 nitrogen and oxygen atoms in total. The Hall–Kier alpha value is -0.980. The molecule has 6 heteroatoms. The molecule has 84 valence electrons. The number of hydrogen-bond donors (Lipinski definition) is 1. The van der Waals surface area contributed by atoms with Crippen molar-refractivity contribution in [2.75, 3.05) is 7.05 Å². The molecule has 0 saturated heterocycles. The quantitative estimate of drug-likeness (QED) is 0.911. The lowest BCUT2D eigenvalue weighted by atomic mass is 10.2. The first-order valence-corrected chi connectivity index (χ1v) is 6.26. The number of benzene rings is 1. The molecule has 0 atom stereocenters. The van der Waals surface area contributed by atoms with E-state index in [1.807, 2.05) is 13.1 Å². The minimum absolute atomic E-state index is 0.215. The van der Waals surface area contributed by atoms with Gasteiger partial charge in [0.15, 0.2) is 4.34 Å². The summed E-state index contributed by atoms with van der Waals surface area (Å²) in [6.07, 6.45) is 1.47. The van der Waals surface area contributed by atoms with Crippen LogP contribution in [0.1, 0.15) is 5.56 Å². The maximum atomic E-state index is 13.7. The molecular weight excluding hydrogens is 245 g/mol. The van der Waals surface area contributed by atoms with E-state index >= 15 is 0 Å². The molecule has 0 radical (unpaired) electrons. The zero-order chi connectivity index (χ0) is 11.4. The molecule has 0 fully saturated rings. The van der Waals surface area contributed by atoms with Gasteiger partial charge in [-0.1, -0.05) is 17.8 Å². The van der Waals surface area contributed by atoms with Gasteiger partial charge in [0.05, 0.1) is 4.90 Å². The van der Waals surface area contributed by atoms with Gasteiger partial charge in [-0.05, 0) is 36.3 Å². The Kier molecular flexibility index (Phi) is 3.87. The Labute approximate surface area is 101 Å². The van der Waals surface area contributed by atoms with Crippen molar-refractivity contribution < 1.29 is 4.39 Å². The van der Waals surface area contributed by atoms with Crippen LogP contribution in [0.5, 0.6) is 0 Å². The first-order chi connectivity index (χ1) is 7.79. The maximum absolute atomic E-state index is 13.7. The molecule has 2 rings (SSSR count). The number of halogens is 1. The third-order valence-electron chi connectivity index (χ3n) is 1.92. The third kappa shape index (κ3) is 2.78. The van der Waals surface area contributed by atoms with Crippen LogP contribution >= 0.6 is 23.3 Å². The van der Waals surface area contributed by atoms with Crippen molar-refractivity contribution in [3.63, 3.8) is 0 Å². The first-order valence-electron chi connectivity index (χ1n) is 4.67. The van der Waals surface area contributed by atoms with Gasteiger partial charge in [0.1, 0.15) is 12.1 Å². The minimum atomic E-state index is -0.215. The predicted molar refractivity (Wildman–Crippen MR) is 63.2 cm³/mol. The van der Waals surface area contributed by atoms with Crippen molar-refractivity contribution >= 4 is 23.3 Å². The van der Waals surface area contributed by atoms with Gasteiger partial charge in [0, 0.05) is 6.54 Å². The minimum Gasteiger partial charge on any atom is -0.316 e. The number of aromatic nitrogens is 2. The molecule has 1 aromatic heterocycles. The second-order valence-electron chi connectivity index (χ2n) is 3.10. The molecule has 1 aromatic carbocycles. The molecule has 1 heterocycles. The summed E-state index contributed by atoms with van der Waals surface area (Å²) in [4.78, 5) is 4.58. The van der Waals surface area contributed by atoms with Crippen LogP contribution in [0.25, 0.3) is 0 Å². The normalized spacial score (nSPS) is 10.6. The van der Waals surface area contributed by atoms with Crippen LogP contribution in [0.15, 0.2) is 33.8 Å². The second kappa shape index (κ2) is 5.38. The number of rotatable bonds is 4. The fourth-order valence-corrected chi connectivity index (χ4v) is 2.65. The second-order valence-corrected chi connectivity index (χ2v) is 5.17. The average molecular weight is 255 g/mol. The van der Waals surface area contributed by atoms with E-state index in [1.165, 1.54) is 29.6 Å². The van der Waals surface area contributed by atoms with Gasteiger partial charge in [-0.25, -0.2) is 9.37 Å². The van der Waals surface area contributed by atoms with Crippen LogP contribution in [-0.2, 0) is 6.54 Å². The third-order valence-corrected chi connectivity index (χ3v) is 3.68. The number of nitrogens with zero attached hydrogens (tertiary/aromatic N) is 2. The van der Waals surface area contributed by atoms with Gasteiger partial charge >= 0.3 is 0 Å². The molecule has 0 bridgehead atoms. The van der Waals surface area contributed by atoms with E-state index in [-0.39, 0.29) is 5.82 Å². The van der Waals surface area contributed by atoms with Crippen LogP contribution in [0, 0.1) is 5.82 Å². The van der Waals surface area contributed by atoms with E-state index in [9.17, 15) is 4.39 Å². The van der Waals surface area contributed by atoms with Crippen LogP contribution in [-0.4, -0.2) is 16.4 Å². The zero-order valence-electron chi connectivity index (χ0n) is 8.61. The van der Waals surface area contributed by atoms with Crippen molar-refractivity contribution in [3.8, 4) is 0 Å². The highest BCUT2D eigenvalue weighted by Gasteiger charge is 2.07. The van der Waals surface area contributed by atoms with Crippen molar-refractivity contribution in [3.05, 3.63) is 35.9 Å². The van der Waals surface area contributed by atoms with Crippen LogP contribution in [0.4, 0.5) is 4.39 Å². The van der Waals surface area contributed by atoms with Gasteiger partial charge in [0.2, 0.25) is 0 Å². The molecule has 0 amide bonds. The Balaban J connectivity index is 2.16. The van der Waals surface area contributed by atoms with Gasteiger partial charge in [-0.2, -0.15) is 4.37 Å². The highest BCUT2D eigenvalue weighted by atomic mass is 32.2. The fraction of sp³-hybridized carbons (Fsp3) is 0.200. The van der Waals surface area contributed by atoms with E-state index in [0.717, 1.165) is 9.90 Å². The summed E-state index contributed by atoms with van der Waals surface area (Å²) in [6.45, 7) is 0.667. The Morgan fingerprint density at radius 1 is 1.50 bits per heavy atom. The van der Waals surface area contributed by atoms with E-state index in [1.54, 1.807) is 12.1 Å². The van der Waals surface area contributed by atoms with Gasteiger partial charge in [-0.15, -0.1) is 0 Å². The van der Waals surface area contributed by atoms with E-state index < -0.39 is 0 Å². The molecule has 0 saturated carbocycles. The fourth-order valence-electron chi connectivity index (χ4n) is 1.24. The summed E-state index contributed by atoms with van der Waals surface area (Å²) in [5, 5.41) is 2.98. The molecule has 1 N–H and O–H groups in total. The molecule has 0 spiro atoms. The molecule has 2 aromatic rings. The van der Waals surface area contributed by atoms with Crippen LogP contribution < -0.4 is 5.32 Å². The molecular formula is C10H10FN3S2. The van der Waals surface area contributed by atoms with Crippen LogP contribution in [0.2, 0.25) is 0 Å². The molecule has 0 aliphatic rings. The van der Waals surface area contributed by atoms with Gasteiger partial charge in [0.25, 0.3) is 0 Å². The molecule has 0 aliphatic carbocycles. The number of hydrogen-bond acceptors (Lipinski definition) is 5. The van der Waals surface area contributed by atoms with Gasteiger partial charge in [-0.3, -0.25) is 0 Å². The molecule has 16 heavy (non-hydrogen) atoms. The van der Waals surface area contributed by atoms with Crippen LogP contribution in [0.3, 0.4) is 0 Å². The summed E-state index contributed by atoms with van der Waals surface area (Å²) in [5.74, 6) is -0.215. The summed E-state index contributed by atoms with van der Waals surface area (Å²) >= 11 is 2.56. The van der Waals surface area contributed by atoms with E-state index in [4.69, 9.17) is 0 Å². The lowest BCUT2D eigenvalue weighted by molar-refractivity contribution is 0.598. The summed E-state index contributed by atoms with van der Waals surface area (Å²) in [5.41, 5.74) is 0.932. The highest BCUT2D eigenvalue weighted by molar-refractivity contribution is 8.01. The summed E-state index contributed by atoms with van der Waals surface area (Å²) in [6, 6.07) is 5.22. The topological polar surface area (TPSA) is 37.8 Å². The Morgan fingerprint density at radius 2 is 2.38 bits per heavy atom. The van der Waals surface area contributed by atoms with E-state index in [2.05, 4.69) is 14.7 Å². The van der Waals surface area contributed by atoms with Crippen molar-refractivity contribution in [1.29, 1.82) is 0 Å². The monoisotopic (exact) mass is 255 g/mol. The maximum Gasteiger partial charge on any atom is 0.174 e. The smallest absolute Gasteiger partial charge is 0.174 e. The Morgan fingerprint density at radius 3 is 3.00 bits per heavy atom. The van der Waals surface area contributed by atoms with Crippen molar-refractivity contribution in [1.82, 2.24) is 14.7 Å². The average Bonchev–Trinajstić information content (AvgIpc) is 2.75. The molecule has 0 aliphatic heterocycles. The standard InChI is InChI=1S/C10H10FN3S2/c1-12-5-7-2-3-9(8(11)4-7)15-10-13-6-14-16-10/h2-4,6,12H,5H2,1H3.